The zero-order chi connectivity index (χ0) is 35.5. The largest absolute Gasteiger partial charge is 0.491 e. The molecule has 3 aromatic carbocycles. The molecular weight excluding hydrogens is 693 g/mol. The molecule has 15 heteroatoms. The summed E-state index contributed by atoms with van der Waals surface area (Å²) in [4.78, 5) is 17.6. The Labute approximate surface area is 306 Å². The highest BCUT2D eigenvalue weighted by atomic mass is 35.5. The summed E-state index contributed by atoms with van der Waals surface area (Å²) in [6.45, 7) is 10.4. The number of ether oxygens (including phenoxy) is 3. The number of rotatable bonds is 12. The normalized spacial score (nSPS) is 19.8. The topological polar surface area (TPSA) is 118 Å². The average molecular weight is 735 g/mol. The standard InChI is InChI=1S/C36H41Cl2N9O4/c1-4-25(3)47-35(48)45(24-39-47)29-9-7-27(8-10-29)43-16-18-44(19-17-43)28-11-13-30(14-12-28)49-21-31-22-50-36(51-31,23-46-34(5-2)40-41-42-46)32-15-6-26(37)20-33(32)38/h6-15,20,24-25,31H,4-5,16-19,21-23H2,1-3H3/t25?,31-,36-/m1/s1. The molecule has 7 rings (SSSR count). The maximum absolute atomic E-state index is 12.8. The van der Waals surface area contributed by atoms with E-state index in [0.29, 0.717) is 34.5 Å². The van der Waals surface area contributed by atoms with E-state index in [1.165, 1.54) is 4.68 Å². The Bertz CT molecular complexity index is 1990. The molecule has 4 heterocycles. The molecule has 0 spiro atoms. The summed E-state index contributed by atoms with van der Waals surface area (Å²) in [6, 6.07) is 21.6. The fraction of sp³-hybridized carbons (Fsp3) is 0.417. The van der Waals surface area contributed by atoms with E-state index >= 15 is 0 Å². The van der Waals surface area contributed by atoms with Crippen molar-refractivity contribution in [3.63, 3.8) is 0 Å². The quantitative estimate of drug-likeness (QED) is 0.162. The zero-order valence-electron chi connectivity index (χ0n) is 28.9. The minimum absolute atomic E-state index is 0.0622. The first-order valence-corrected chi connectivity index (χ1v) is 18.0. The third-order valence-corrected chi connectivity index (χ3v) is 10.1. The van der Waals surface area contributed by atoms with Gasteiger partial charge in [-0.3, -0.25) is 0 Å². The molecular formula is C36H41Cl2N9O4. The van der Waals surface area contributed by atoms with Crippen LogP contribution >= 0.6 is 23.2 Å². The van der Waals surface area contributed by atoms with Crippen LogP contribution in [0.4, 0.5) is 11.4 Å². The van der Waals surface area contributed by atoms with E-state index in [-0.39, 0.29) is 31.0 Å². The third kappa shape index (κ3) is 7.34. The fourth-order valence-corrected chi connectivity index (χ4v) is 7.06. The summed E-state index contributed by atoms with van der Waals surface area (Å²) in [5.74, 6) is 0.244. The van der Waals surface area contributed by atoms with Crippen LogP contribution in [0.2, 0.25) is 10.0 Å². The van der Waals surface area contributed by atoms with Gasteiger partial charge >= 0.3 is 5.69 Å². The number of aryl methyl sites for hydroxylation is 1. The van der Waals surface area contributed by atoms with Gasteiger partial charge in [0.2, 0.25) is 5.79 Å². The van der Waals surface area contributed by atoms with E-state index in [1.54, 1.807) is 27.7 Å². The summed E-state index contributed by atoms with van der Waals surface area (Å²) < 4.78 is 23.9. The van der Waals surface area contributed by atoms with Gasteiger partial charge in [-0.2, -0.15) is 5.10 Å². The predicted octanol–water partition coefficient (Wildman–Crippen LogP) is 5.53. The molecule has 3 atom stereocenters. The van der Waals surface area contributed by atoms with Gasteiger partial charge in [0.1, 0.15) is 31.3 Å². The van der Waals surface area contributed by atoms with E-state index in [4.69, 9.17) is 37.4 Å². The van der Waals surface area contributed by atoms with Gasteiger partial charge in [-0.1, -0.05) is 43.1 Å². The van der Waals surface area contributed by atoms with Crippen LogP contribution in [-0.2, 0) is 28.2 Å². The first-order chi connectivity index (χ1) is 24.8. The van der Waals surface area contributed by atoms with Crippen molar-refractivity contribution in [3.05, 3.63) is 105 Å². The summed E-state index contributed by atoms with van der Waals surface area (Å²) >= 11 is 12.8. The van der Waals surface area contributed by atoms with Crippen molar-refractivity contribution in [2.24, 2.45) is 0 Å². The SMILES string of the molecule is CCc1nnnn1C[C@@]1(c2ccc(Cl)cc2Cl)OC[C@@H](COc2ccc(N3CCN(c4ccc(-n5cnn(C(C)CC)c5=O)cc4)CC3)cc2)O1. The van der Waals surface area contributed by atoms with Crippen LogP contribution in [0.15, 0.2) is 77.9 Å². The number of aromatic nitrogens is 7. The van der Waals surface area contributed by atoms with Crippen LogP contribution < -0.4 is 20.2 Å². The molecule has 2 aromatic heterocycles. The number of halogens is 2. The lowest BCUT2D eigenvalue weighted by molar-refractivity contribution is -0.191. The van der Waals surface area contributed by atoms with Crippen molar-refractivity contribution in [3.8, 4) is 11.4 Å². The van der Waals surface area contributed by atoms with Gasteiger partial charge in [-0.25, -0.2) is 18.7 Å². The minimum Gasteiger partial charge on any atom is -0.491 e. The van der Waals surface area contributed by atoms with Crippen molar-refractivity contribution in [1.82, 2.24) is 34.6 Å². The summed E-state index contributed by atoms with van der Waals surface area (Å²) in [5.41, 5.74) is 3.62. The lowest BCUT2D eigenvalue weighted by Crippen LogP contribution is -2.46. The molecule has 2 aliphatic rings. The van der Waals surface area contributed by atoms with Gasteiger partial charge < -0.3 is 24.0 Å². The van der Waals surface area contributed by atoms with Crippen LogP contribution in [0, 0.1) is 0 Å². The van der Waals surface area contributed by atoms with Crippen molar-refractivity contribution in [2.45, 2.75) is 58.1 Å². The molecule has 2 fully saturated rings. The predicted molar refractivity (Wildman–Crippen MR) is 195 cm³/mol. The monoisotopic (exact) mass is 733 g/mol. The van der Waals surface area contributed by atoms with Crippen LogP contribution in [0.5, 0.6) is 5.75 Å². The molecule has 0 amide bonds. The second kappa shape index (κ2) is 15.0. The van der Waals surface area contributed by atoms with E-state index in [9.17, 15) is 4.79 Å². The number of piperazine rings is 1. The molecule has 13 nitrogen and oxygen atoms in total. The second-order valence-corrected chi connectivity index (χ2v) is 13.7. The third-order valence-electron chi connectivity index (χ3n) is 9.59. The smallest absolute Gasteiger partial charge is 0.350 e. The van der Waals surface area contributed by atoms with E-state index in [0.717, 1.165) is 55.4 Å². The second-order valence-electron chi connectivity index (χ2n) is 12.8. The lowest BCUT2D eigenvalue weighted by Gasteiger charge is -2.37. The summed E-state index contributed by atoms with van der Waals surface area (Å²) in [7, 11) is 0. The van der Waals surface area contributed by atoms with Crippen LogP contribution in [0.3, 0.4) is 0 Å². The Kier molecular flexibility index (Phi) is 10.3. The van der Waals surface area contributed by atoms with E-state index < -0.39 is 5.79 Å². The van der Waals surface area contributed by atoms with Gasteiger partial charge in [-0.05, 0) is 84.4 Å². The highest BCUT2D eigenvalue weighted by Gasteiger charge is 2.46. The van der Waals surface area contributed by atoms with Gasteiger partial charge in [0, 0.05) is 54.6 Å². The number of anilines is 2. The van der Waals surface area contributed by atoms with Crippen molar-refractivity contribution in [1.29, 1.82) is 0 Å². The molecule has 0 bridgehead atoms. The van der Waals surface area contributed by atoms with Gasteiger partial charge in [0.05, 0.1) is 23.4 Å². The Morgan fingerprint density at radius 1 is 0.941 bits per heavy atom. The molecule has 268 valence electrons. The van der Waals surface area contributed by atoms with Crippen molar-refractivity contribution >= 4 is 34.6 Å². The van der Waals surface area contributed by atoms with Crippen LogP contribution in [0.25, 0.3) is 5.69 Å². The molecule has 1 unspecified atom stereocenters. The van der Waals surface area contributed by atoms with E-state index in [1.807, 2.05) is 51.1 Å². The average Bonchev–Trinajstić information content (AvgIpc) is 3.89. The van der Waals surface area contributed by atoms with Crippen LogP contribution in [0.1, 0.15) is 44.6 Å². The first-order valence-electron chi connectivity index (χ1n) is 17.3. The van der Waals surface area contributed by atoms with Crippen LogP contribution in [-0.4, -0.2) is 80.1 Å². The Hall–Kier alpha value is -4.43. The molecule has 5 aromatic rings. The Morgan fingerprint density at radius 3 is 2.25 bits per heavy atom. The molecule has 2 saturated heterocycles. The number of benzene rings is 3. The molecule has 0 radical (unpaired) electrons. The lowest BCUT2D eigenvalue weighted by atomic mass is 10.1. The minimum atomic E-state index is -1.21. The molecule has 51 heavy (non-hydrogen) atoms. The zero-order valence-corrected chi connectivity index (χ0v) is 30.4. The number of nitrogens with zero attached hydrogens (tertiary/aromatic N) is 9. The summed E-state index contributed by atoms with van der Waals surface area (Å²) in [6.07, 6.45) is 2.74. The Balaban J connectivity index is 0.936. The maximum Gasteiger partial charge on any atom is 0.350 e. The number of hydrogen-bond donors (Lipinski definition) is 0. The number of hydrogen-bond acceptors (Lipinski definition) is 10. The van der Waals surface area contributed by atoms with Crippen molar-refractivity contribution < 1.29 is 14.2 Å². The fourth-order valence-electron chi connectivity index (χ4n) is 6.51. The Morgan fingerprint density at radius 2 is 1.61 bits per heavy atom. The number of tetrazole rings is 1. The molecule has 0 N–H and O–H groups in total. The molecule has 2 aliphatic heterocycles. The van der Waals surface area contributed by atoms with Crippen molar-refractivity contribution in [2.75, 3.05) is 49.2 Å². The highest BCUT2D eigenvalue weighted by Crippen LogP contribution is 2.40. The molecule has 0 saturated carbocycles. The van der Waals surface area contributed by atoms with Gasteiger partial charge in [0.15, 0.2) is 5.82 Å². The highest BCUT2D eigenvalue weighted by molar-refractivity contribution is 6.35. The maximum atomic E-state index is 12.8. The van der Waals surface area contributed by atoms with E-state index in [2.05, 4.69) is 54.7 Å². The first kappa shape index (κ1) is 35.0. The van der Waals surface area contributed by atoms with Gasteiger partial charge in [-0.15, -0.1) is 5.10 Å². The molecule has 0 aliphatic carbocycles. The van der Waals surface area contributed by atoms with Gasteiger partial charge in [0.25, 0.3) is 0 Å². The summed E-state index contributed by atoms with van der Waals surface area (Å²) in [5, 5.41) is 17.3.